The summed E-state index contributed by atoms with van der Waals surface area (Å²) in [5.41, 5.74) is 0. The van der Waals surface area contributed by atoms with Crippen molar-refractivity contribution < 1.29 is 0 Å². The van der Waals surface area contributed by atoms with E-state index in [2.05, 4.69) is 55.7 Å². The van der Waals surface area contributed by atoms with Gasteiger partial charge in [-0.15, -0.1) is 11.3 Å². The quantitative estimate of drug-likeness (QED) is 0.609. The molecule has 14 heavy (non-hydrogen) atoms. The average Bonchev–Trinajstić information content (AvgIpc) is 2.71. The predicted octanol–water partition coefficient (Wildman–Crippen LogP) is 4.76. The highest BCUT2D eigenvalue weighted by atomic mass is 32.1. The van der Waals surface area contributed by atoms with Gasteiger partial charge in [-0.25, -0.2) is 0 Å². The minimum Gasteiger partial charge on any atom is -0.149 e. The summed E-state index contributed by atoms with van der Waals surface area (Å²) >= 11 is 1.86. The van der Waals surface area contributed by atoms with Gasteiger partial charge in [-0.3, -0.25) is 0 Å². The van der Waals surface area contributed by atoms with Crippen LogP contribution in [0.1, 0.15) is 37.5 Å². The number of allylic oxidation sites excluding steroid dienone is 4. The van der Waals surface area contributed by atoms with Crippen molar-refractivity contribution in [2.45, 2.75) is 32.6 Å². The second-order valence-corrected chi connectivity index (χ2v) is 4.30. The van der Waals surface area contributed by atoms with E-state index in [9.17, 15) is 0 Å². The molecule has 0 bridgehead atoms. The largest absolute Gasteiger partial charge is 0.149 e. The van der Waals surface area contributed by atoms with Crippen molar-refractivity contribution in [3.63, 3.8) is 0 Å². The second-order valence-electron chi connectivity index (χ2n) is 3.32. The van der Waals surface area contributed by atoms with Crippen LogP contribution < -0.4 is 0 Å². The molecule has 0 fully saturated rings. The van der Waals surface area contributed by atoms with Crippen molar-refractivity contribution in [2.24, 2.45) is 0 Å². The molecule has 1 heterocycles. The Morgan fingerprint density at radius 3 is 2.29 bits per heavy atom. The van der Waals surface area contributed by atoms with E-state index >= 15 is 0 Å². The molecule has 0 aromatic carbocycles. The first-order valence-electron chi connectivity index (χ1n) is 5.14. The zero-order valence-corrected chi connectivity index (χ0v) is 9.76. The van der Waals surface area contributed by atoms with Gasteiger partial charge in [0, 0.05) is 10.8 Å². The Hall–Kier alpha value is -0.820. The third-order valence-electron chi connectivity index (χ3n) is 2.26. The number of thiophene rings is 1. The Morgan fingerprint density at radius 2 is 1.86 bits per heavy atom. The lowest BCUT2D eigenvalue weighted by atomic mass is 9.99. The highest BCUT2D eigenvalue weighted by molar-refractivity contribution is 7.10. The van der Waals surface area contributed by atoms with Crippen molar-refractivity contribution in [2.75, 3.05) is 0 Å². The van der Waals surface area contributed by atoms with Crippen LogP contribution in [-0.2, 0) is 0 Å². The van der Waals surface area contributed by atoms with Gasteiger partial charge in [-0.1, -0.05) is 30.4 Å². The van der Waals surface area contributed by atoms with Gasteiger partial charge in [0.05, 0.1) is 0 Å². The molecular weight excluding hydrogens is 188 g/mol. The first-order chi connectivity index (χ1) is 6.88. The van der Waals surface area contributed by atoms with E-state index in [1.165, 1.54) is 4.88 Å². The molecule has 0 aliphatic heterocycles. The summed E-state index contributed by atoms with van der Waals surface area (Å²) in [6.45, 7) is 4.17. The van der Waals surface area contributed by atoms with E-state index in [4.69, 9.17) is 0 Å². The van der Waals surface area contributed by atoms with Crippen LogP contribution in [-0.4, -0.2) is 0 Å². The van der Waals surface area contributed by atoms with Gasteiger partial charge in [0.15, 0.2) is 0 Å². The zero-order valence-electron chi connectivity index (χ0n) is 8.94. The van der Waals surface area contributed by atoms with E-state index < -0.39 is 0 Å². The molecule has 0 aliphatic carbocycles. The summed E-state index contributed by atoms with van der Waals surface area (Å²) in [5, 5.41) is 2.16. The zero-order chi connectivity index (χ0) is 10.2. The molecule has 0 aliphatic rings. The fraction of sp³-hybridized carbons (Fsp3) is 0.385. The minimum absolute atomic E-state index is 0.669. The number of hydrogen-bond donors (Lipinski definition) is 0. The molecule has 1 rings (SSSR count). The van der Waals surface area contributed by atoms with Crippen molar-refractivity contribution in [3.05, 3.63) is 46.7 Å². The average molecular weight is 206 g/mol. The number of hydrogen-bond acceptors (Lipinski definition) is 1. The Balaban J connectivity index is 2.61. The predicted molar refractivity (Wildman–Crippen MR) is 65.9 cm³/mol. The Kier molecular flexibility index (Phi) is 5.31. The van der Waals surface area contributed by atoms with Gasteiger partial charge in [0.1, 0.15) is 0 Å². The first-order valence-corrected chi connectivity index (χ1v) is 6.02. The highest BCUT2D eigenvalue weighted by Gasteiger charge is 2.08. The molecule has 0 nitrogen and oxygen atoms in total. The smallest absolute Gasteiger partial charge is 0.00823 e. The monoisotopic (exact) mass is 206 g/mol. The van der Waals surface area contributed by atoms with Crippen LogP contribution in [0.5, 0.6) is 0 Å². The molecule has 1 heteroatoms. The molecular formula is C13H18S. The lowest BCUT2D eigenvalue weighted by Crippen LogP contribution is -1.92. The van der Waals surface area contributed by atoms with Crippen molar-refractivity contribution in [1.82, 2.24) is 0 Å². The summed E-state index contributed by atoms with van der Waals surface area (Å²) in [6.07, 6.45) is 11.1. The summed E-state index contributed by atoms with van der Waals surface area (Å²) < 4.78 is 0. The molecule has 0 saturated carbocycles. The van der Waals surface area contributed by atoms with Gasteiger partial charge < -0.3 is 0 Å². The van der Waals surface area contributed by atoms with Gasteiger partial charge >= 0.3 is 0 Å². The van der Waals surface area contributed by atoms with Crippen LogP contribution in [0.3, 0.4) is 0 Å². The molecule has 0 atom stereocenters. The Labute approximate surface area is 91.0 Å². The lowest BCUT2D eigenvalue weighted by molar-refractivity contribution is 0.725. The molecule has 0 N–H and O–H groups in total. The maximum Gasteiger partial charge on any atom is 0.00823 e. The lowest BCUT2D eigenvalue weighted by Gasteiger charge is -2.10. The second kappa shape index (κ2) is 6.61. The van der Waals surface area contributed by atoms with E-state index in [1.807, 2.05) is 11.3 Å². The van der Waals surface area contributed by atoms with Crippen LogP contribution in [0.25, 0.3) is 0 Å². The summed E-state index contributed by atoms with van der Waals surface area (Å²) in [7, 11) is 0. The molecule has 0 saturated heterocycles. The van der Waals surface area contributed by atoms with Crippen LogP contribution in [0.2, 0.25) is 0 Å². The Morgan fingerprint density at radius 1 is 1.21 bits per heavy atom. The molecule has 76 valence electrons. The molecule has 0 amide bonds. The van der Waals surface area contributed by atoms with Gasteiger partial charge in [0.25, 0.3) is 0 Å². The van der Waals surface area contributed by atoms with E-state index in [-0.39, 0.29) is 0 Å². The van der Waals surface area contributed by atoms with E-state index in [0.717, 1.165) is 12.8 Å². The van der Waals surface area contributed by atoms with Gasteiger partial charge in [-0.05, 0) is 38.1 Å². The Bertz CT molecular complexity index is 266. The van der Waals surface area contributed by atoms with Crippen LogP contribution in [0, 0.1) is 0 Å². The van der Waals surface area contributed by atoms with Crippen LogP contribution >= 0.6 is 11.3 Å². The molecule has 0 radical (unpaired) electrons. The fourth-order valence-electron chi connectivity index (χ4n) is 1.45. The molecule has 0 unspecified atom stereocenters. The van der Waals surface area contributed by atoms with E-state index in [0.29, 0.717) is 5.92 Å². The molecule has 0 spiro atoms. The summed E-state index contributed by atoms with van der Waals surface area (Å²) in [5.74, 6) is 0.669. The maximum atomic E-state index is 2.26. The van der Waals surface area contributed by atoms with Crippen LogP contribution in [0.15, 0.2) is 41.8 Å². The minimum atomic E-state index is 0.669. The summed E-state index contributed by atoms with van der Waals surface area (Å²) in [4.78, 5) is 1.50. The van der Waals surface area contributed by atoms with Crippen LogP contribution in [0.4, 0.5) is 0 Å². The highest BCUT2D eigenvalue weighted by Crippen LogP contribution is 2.28. The fourth-order valence-corrected chi connectivity index (χ4v) is 2.31. The normalized spacial score (nSPS) is 12.2. The topological polar surface area (TPSA) is 0 Å². The maximum absolute atomic E-state index is 2.26. The SMILES string of the molecule is C/C=C/CC(C/C=C/C)c1cccs1. The standard InChI is InChI=1S/C13H18S/c1-3-5-8-12(9-6-4-2)13-10-7-11-14-13/h3-7,10-12H,8-9H2,1-2H3/b5-3+,6-4+. The van der Waals surface area contributed by atoms with Crippen molar-refractivity contribution >= 4 is 11.3 Å². The van der Waals surface area contributed by atoms with Crippen molar-refractivity contribution in [1.29, 1.82) is 0 Å². The number of rotatable bonds is 5. The first kappa shape index (κ1) is 11.3. The third-order valence-corrected chi connectivity index (χ3v) is 3.29. The summed E-state index contributed by atoms with van der Waals surface area (Å²) in [6, 6.07) is 4.38. The van der Waals surface area contributed by atoms with Crippen molar-refractivity contribution in [3.8, 4) is 0 Å². The molecule has 1 aromatic heterocycles. The van der Waals surface area contributed by atoms with E-state index in [1.54, 1.807) is 0 Å². The molecule has 1 aromatic rings. The van der Waals surface area contributed by atoms with Gasteiger partial charge in [-0.2, -0.15) is 0 Å². The van der Waals surface area contributed by atoms with Gasteiger partial charge in [0.2, 0.25) is 0 Å². The third kappa shape index (κ3) is 3.51.